The molecule has 0 aliphatic rings. The number of amides is 1. The molecule has 0 aliphatic heterocycles. The lowest BCUT2D eigenvalue weighted by molar-refractivity contribution is -0.118. The number of benzene rings is 1. The molecule has 1 heterocycles. The molecular formula is C16H21N3OS. The summed E-state index contributed by atoms with van der Waals surface area (Å²) in [5, 5.41) is 2.94. The predicted molar refractivity (Wildman–Crippen MR) is 87.3 cm³/mol. The highest BCUT2D eigenvalue weighted by molar-refractivity contribution is 7.99. The normalized spacial score (nSPS) is 10.6. The van der Waals surface area contributed by atoms with E-state index >= 15 is 0 Å². The van der Waals surface area contributed by atoms with Crippen molar-refractivity contribution in [3.63, 3.8) is 0 Å². The molecule has 5 heteroatoms. The van der Waals surface area contributed by atoms with Crippen LogP contribution in [-0.4, -0.2) is 27.8 Å². The van der Waals surface area contributed by atoms with E-state index in [4.69, 9.17) is 0 Å². The second-order valence-corrected chi connectivity index (χ2v) is 5.96. The summed E-state index contributed by atoms with van der Waals surface area (Å²) in [6.45, 7) is 2.73. The fraction of sp³-hybridized carbons (Fsp3) is 0.375. The smallest absolute Gasteiger partial charge is 0.230 e. The van der Waals surface area contributed by atoms with Gasteiger partial charge in [0.2, 0.25) is 5.91 Å². The van der Waals surface area contributed by atoms with E-state index in [1.165, 1.54) is 11.1 Å². The predicted octanol–water partition coefficient (Wildman–Crippen LogP) is 2.32. The summed E-state index contributed by atoms with van der Waals surface area (Å²) >= 11 is 1.65. The van der Waals surface area contributed by atoms with Gasteiger partial charge in [-0.3, -0.25) is 4.79 Å². The number of carbonyl (C=O) groups is 1. The SMILES string of the molecule is Cc1ccccc1CSCC(=O)NCCc1nccn1C. The lowest BCUT2D eigenvalue weighted by atomic mass is 10.1. The number of aromatic nitrogens is 2. The molecule has 4 nitrogen and oxygen atoms in total. The zero-order valence-corrected chi connectivity index (χ0v) is 13.3. The molecule has 21 heavy (non-hydrogen) atoms. The molecule has 0 spiro atoms. The zero-order chi connectivity index (χ0) is 15.1. The van der Waals surface area contributed by atoms with E-state index in [1.54, 1.807) is 18.0 Å². The highest BCUT2D eigenvalue weighted by atomic mass is 32.2. The van der Waals surface area contributed by atoms with Crippen molar-refractivity contribution in [3.8, 4) is 0 Å². The van der Waals surface area contributed by atoms with Crippen molar-refractivity contribution in [2.45, 2.75) is 19.1 Å². The van der Waals surface area contributed by atoms with E-state index in [0.29, 0.717) is 12.3 Å². The van der Waals surface area contributed by atoms with E-state index in [2.05, 4.69) is 29.4 Å². The van der Waals surface area contributed by atoms with Crippen molar-refractivity contribution in [2.75, 3.05) is 12.3 Å². The van der Waals surface area contributed by atoms with Crippen LogP contribution in [0.25, 0.3) is 0 Å². The highest BCUT2D eigenvalue weighted by Crippen LogP contribution is 2.15. The minimum absolute atomic E-state index is 0.0859. The van der Waals surface area contributed by atoms with Gasteiger partial charge < -0.3 is 9.88 Å². The molecule has 0 saturated heterocycles. The molecule has 0 fully saturated rings. The van der Waals surface area contributed by atoms with Crippen LogP contribution < -0.4 is 5.32 Å². The van der Waals surface area contributed by atoms with Crippen LogP contribution in [0.15, 0.2) is 36.7 Å². The maximum Gasteiger partial charge on any atom is 0.230 e. The Hall–Kier alpha value is -1.75. The number of thioether (sulfide) groups is 1. The Bertz CT molecular complexity index is 595. The Morgan fingerprint density at radius 1 is 1.38 bits per heavy atom. The summed E-state index contributed by atoms with van der Waals surface area (Å²) in [7, 11) is 1.96. The molecule has 1 aromatic carbocycles. The number of rotatable bonds is 7. The van der Waals surface area contributed by atoms with Crippen molar-refractivity contribution in [1.82, 2.24) is 14.9 Å². The van der Waals surface area contributed by atoms with Gasteiger partial charge >= 0.3 is 0 Å². The van der Waals surface area contributed by atoms with E-state index < -0.39 is 0 Å². The Kier molecular flexibility index (Phi) is 5.87. The van der Waals surface area contributed by atoms with Crippen molar-refractivity contribution in [1.29, 1.82) is 0 Å². The van der Waals surface area contributed by atoms with E-state index in [0.717, 1.165) is 18.0 Å². The van der Waals surface area contributed by atoms with Gasteiger partial charge in [-0.1, -0.05) is 24.3 Å². The Labute approximate surface area is 130 Å². The van der Waals surface area contributed by atoms with E-state index in [-0.39, 0.29) is 5.91 Å². The molecule has 2 aromatic rings. The lowest BCUT2D eigenvalue weighted by Crippen LogP contribution is -2.27. The van der Waals surface area contributed by atoms with Gasteiger partial charge in [0.1, 0.15) is 5.82 Å². The van der Waals surface area contributed by atoms with Crippen molar-refractivity contribution in [3.05, 3.63) is 53.6 Å². The monoisotopic (exact) mass is 303 g/mol. The van der Waals surface area contributed by atoms with Gasteiger partial charge in [-0.05, 0) is 18.1 Å². The lowest BCUT2D eigenvalue weighted by Gasteiger charge is -2.07. The number of nitrogens with one attached hydrogen (secondary N) is 1. The van der Waals surface area contributed by atoms with Gasteiger partial charge in [0.25, 0.3) is 0 Å². The van der Waals surface area contributed by atoms with Gasteiger partial charge in [0, 0.05) is 38.2 Å². The average Bonchev–Trinajstić information content (AvgIpc) is 2.87. The first-order valence-corrected chi connectivity index (χ1v) is 8.17. The van der Waals surface area contributed by atoms with Crippen LogP contribution in [0.5, 0.6) is 0 Å². The van der Waals surface area contributed by atoms with Crippen LogP contribution in [0.1, 0.15) is 17.0 Å². The van der Waals surface area contributed by atoms with Gasteiger partial charge in [-0.2, -0.15) is 0 Å². The number of nitrogens with zero attached hydrogens (tertiary/aromatic N) is 2. The topological polar surface area (TPSA) is 46.9 Å². The first-order chi connectivity index (χ1) is 10.2. The Morgan fingerprint density at radius 3 is 2.90 bits per heavy atom. The van der Waals surface area contributed by atoms with Gasteiger partial charge in [0.15, 0.2) is 0 Å². The second kappa shape index (κ2) is 7.88. The summed E-state index contributed by atoms with van der Waals surface area (Å²) in [5.74, 6) is 2.44. The summed E-state index contributed by atoms with van der Waals surface area (Å²) in [5.41, 5.74) is 2.57. The summed E-state index contributed by atoms with van der Waals surface area (Å²) < 4.78 is 1.97. The molecule has 2 rings (SSSR count). The number of imidazole rings is 1. The minimum atomic E-state index is 0.0859. The molecule has 0 bridgehead atoms. The third-order valence-electron chi connectivity index (χ3n) is 3.34. The van der Waals surface area contributed by atoms with Crippen LogP contribution in [0.2, 0.25) is 0 Å². The molecule has 1 amide bonds. The van der Waals surface area contributed by atoms with Crippen LogP contribution in [0.4, 0.5) is 0 Å². The first kappa shape index (κ1) is 15.6. The van der Waals surface area contributed by atoms with Crippen molar-refractivity contribution < 1.29 is 4.79 Å². The van der Waals surface area contributed by atoms with Crippen LogP contribution in [0.3, 0.4) is 0 Å². The third kappa shape index (κ3) is 4.93. The molecule has 0 unspecified atom stereocenters. The fourth-order valence-electron chi connectivity index (χ4n) is 2.03. The van der Waals surface area contributed by atoms with E-state index in [9.17, 15) is 4.79 Å². The standard InChI is InChI=1S/C16H21N3OS/c1-13-5-3-4-6-14(13)11-21-12-16(20)18-8-7-15-17-9-10-19(15)2/h3-6,9-10H,7-8,11-12H2,1-2H3,(H,18,20). The molecule has 1 aromatic heterocycles. The molecule has 112 valence electrons. The van der Waals surface area contributed by atoms with Gasteiger partial charge in [0.05, 0.1) is 5.75 Å². The number of hydrogen-bond acceptors (Lipinski definition) is 3. The second-order valence-electron chi connectivity index (χ2n) is 4.97. The summed E-state index contributed by atoms with van der Waals surface area (Å²) in [6.07, 6.45) is 4.45. The molecule has 0 saturated carbocycles. The van der Waals surface area contributed by atoms with Crippen molar-refractivity contribution in [2.24, 2.45) is 7.05 Å². The van der Waals surface area contributed by atoms with Gasteiger partial charge in [-0.25, -0.2) is 4.98 Å². The van der Waals surface area contributed by atoms with Crippen LogP contribution >= 0.6 is 11.8 Å². The van der Waals surface area contributed by atoms with Crippen molar-refractivity contribution >= 4 is 17.7 Å². The Balaban J connectivity index is 1.64. The third-order valence-corrected chi connectivity index (χ3v) is 4.33. The highest BCUT2D eigenvalue weighted by Gasteiger charge is 2.04. The quantitative estimate of drug-likeness (QED) is 0.854. The van der Waals surface area contributed by atoms with Gasteiger partial charge in [-0.15, -0.1) is 11.8 Å². The summed E-state index contributed by atoms with van der Waals surface area (Å²) in [6, 6.07) is 8.29. The molecule has 1 N–H and O–H groups in total. The fourth-order valence-corrected chi connectivity index (χ4v) is 2.96. The summed E-state index contributed by atoms with van der Waals surface area (Å²) in [4.78, 5) is 16.0. The van der Waals surface area contributed by atoms with E-state index in [1.807, 2.05) is 29.9 Å². The molecule has 0 radical (unpaired) electrons. The first-order valence-electron chi connectivity index (χ1n) is 7.02. The average molecular weight is 303 g/mol. The molecule has 0 atom stereocenters. The van der Waals surface area contributed by atoms with Crippen LogP contribution in [-0.2, 0) is 24.0 Å². The Morgan fingerprint density at radius 2 is 2.19 bits per heavy atom. The maximum atomic E-state index is 11.8. The minimum Gasteiger partial charge on any atom is -0.355 e. The molecule has 0 aliphatic carbocycles. The largest absolute Gasteiger partial charge is 0.355 e. The number of carbonyl (C=O) groups excluding carboxylic acids is 1. The number of aryl methyl sites for hydroxylation is 2. The number of hydrogen-bond donors (Lipinski definition) is 1. The molecular weight excluding hydrogens is 282 g/mol. The zero-order valence-electron chi connectivity index (χ0n) is 12.5. The maximum absolute atomic E-state index is 11.8. The van der Waals surface area contributed by atoms with Crippen LogP contribution in [0, 0.1) is 6.92 Å².